The number of hydrogen-bond acceptors (Lipinski definition) is 4. The van der Waals surface area contributed by atoms with Crippen molar-refractivity contribution in [2.75, 3.05) is 26.2 Å². The second-order valence-electron chi connectivity index (χ2n) is 5.94. The third-order valence-electron chi connectivity index (χ3n) is 4.63. The van der Waals surface area contributed by atoms with Crippen LogP contribution in [0.3, 0.4) is 0 Å². The van der Waals surface area contributed by atoms with E-state index >= 15 is 0 Å². The molecule has 2 aliphatic heterocycles. The van der Waals surface area contributed by atoms with Crippen molar-refractivity contribution in [3.05, 3.63) is 29.0 Å². The van der Waals surface area contributed by atoms with Crippen LogP contribution >= 0.6 is 11.6 Å². The lowest BCUT2D eigenvalue weighted by Gasteiger charge is -2.46. The molecule has 2 N–H and O–H groups in total. The van der Waals surface area contributed by atoms with E-state index in [0.717, 1.165) is 18.7 Å². The Kier molecular flexibility index (Phi) is 4.20. The predicted octanol–water partition coefficient (Wildman–Crippen LogP) is 1.21. The summed E-state index contributed by atoms with van der Waals surface area (Å²) in [5, 5.41) is 13.6. The molecule has 0 saturated carbocycles. The minimum Gasteiger partial charge on any atom is -0.389 e. The number of benzene rings is 1. The zero-order chi connectivity index (χ0) is 16.0. The highest BCUT2D eigenvalue weighted by atomic mass is 35.5. The Bertz CT molecular complexity index is 685. The van der Waals surface area contributed by atoms with Gasteiger partial charge in [-0.25, -0.2) is 12.8 Å². The van der Waals surface area contributed by atoms with E-state index in [1.54, 1.807) is 0 Å². The van der Waals surface area contributed by atoms with Crippen molar-refractivity contribution in [2.24, 2.45) is 5.92 Å². The number of sulfonamides is 1. The van der Waals surface area contributed by atoms with Gasteiger partial charge in [0.15, 0.2) is 0 Å². The second-order valence-corrected chi connectivity index (χ2v) is 8.29. The summed E-state index contributed by atoms with van der Waals surface area (Å²) in [7, 11) is -3.74. The molecule has 0 amide bonds. The number of halogens is 2. The highest BCUT2D eigenvalue weighted by Gasteiger charge is 2.45. The summed E-state index contributed by atoms with van der Waals surface area (Å²) in [5.74, 6) is -0.786. The molecule has 0 unspecified atom stereocenters. The van der Waals surface area contributed by atoms with E-state index in [4.69, 9.17) is 11.6 Å². The van der Waals surface area contributed by atoms with Crippen LogP contribution in [-0.2, 0) is 10.0 Å². The highest BCUT2D eigenvalue weighted by Crippen LogP contribution is 2.35. The first kappa shape index (κ1) is 16.1. The number of nitrogens with one attached hydrogen (secondary N) is 1. The minimum atomic E-state index is -3.74. The minimum absolute atomic E-state index is 0.0203. The third kappa shape index (κ3) is 2.76. The molecule has 0 spiro atoms. The molecule has 122 valence electrons. The number of hydrogen-bond donors (Lipinski definition) is 2. The van der Waals surface area contributed by atoms with Gasteiger partial charge in [-0.15, -0.1) is 0 Å². The maximum Gasteiger partial charge on any atom is 0.243 e. The van der Waals surface area contributed by atoms with Gasteiger partial charge in [-0.05, 0) is 37.6 Å². The van der Waals surface area contributed by atoms with E-state index < -0.39 is 21.4 Å². The van der Waals surface area contributed by atoms with E-state index in [2.05, 4.69) is 5.32 Å². The van der Waals surface area contributed by atoms with Crippen molar-refractivity contribution in [1.82, 2.24) is 9.62 Å². The van der Waals surface area contributed by atoms with Gasteiger partial charge >= 0.3 is 0 Å². The molecule has 0 aromatic heterocycles. The molecule has 0 aliphatic carbocycles. The predicted molar refractivity (Wildman–Crippen MR) is 80.7 cm³/mol. The van der Waals surface area contributed by atoms with Gasteiger partial charge < -0.3 is 10.4 Å². The van der Waals surface area contributed by atoms with Crippen molar-refractivity contribution in [3.8, 4) is 0 Å². The quantitative estimate of drug-likeness (QED) is 0.843. The summed E-state index contributed by atoms with van der Waals surface area (Å²) in [5.41, 5.74) is -0.794. The van der Waals surface area contributed by atoms with E-state index in [0.29, 0.717) is 19.4 Å². The number of aliphatic hydroxyl groups is 1. The van der Waals surface area contributed by atoms with Gasteiger partial charge in [0.05, 0.1) is 15.5 Å². The Morgan fingerprint density at radius 1 is 1.41 bits per heavy atom. The molecule has 2 saturated heterocycles. The lowest BCUT2D eigenvalue weighted by atomic mass is 9.77. The normalized spacial score (nSPS) is 30.0. The molecule has 1 aromatic carbocycles. The molecular formula is C14H18ClFN2O3S. The summed E-state index contributed by atoms with van der Waals surface area (Å²) in [6, 6.07) is 3.40. The van der Waals surface area contributed by atoms with E-state index in [9.17, 15) is 17.9 Å². The molecular weight excluding hydrogens is 331 g/mol. The SMILES string of the molecule is O=S(=O)(c1ccc(F)c(Cl)c1)N1CC[C@@]2(O)CCNC[C@H]2C1. The zero-order valence-electron chi connectivity index (χ0n) is 11.9. The first-order valence-electron chi connectivity index (χ1n) is 7.21. The fraction of sp³-hybridized carbons (Fsp3) is 0.571. The summed E-state index contributed by atoms with van der Waals surface area (Å²) in [4.78, 5) is -0.0203. The van der Waals surface area contributed by atoms with Crippen LogP contribution in [0.15, 0.2) is 23.1 Å². The van der Waals surface area contributed by atoms with Crippen molar-refractivity contribution in [1.29, 1.82) is 0 Å². The fourth-order valence-electron chi connectivity index (χ4n) is 3.20. The van der Waals surface area contributed by atoms with Gasteiger partial charge in [0.25, 0.3) is 0 Å². The third-order valence-corrected chi connectivity index (χ3v) is 6.78. The Hall–Kier alpha value is -0.730. The van der Waals surface area contributed by atoms with Gasteiger partial charge in [0.2, 0.25) is 10.0 Å². The van der Waals surface area contributed by atoms with Gasteiger partial charge in [0, 0.05) is 25.6 Å². The Morgan fingerprint density at radius 3 is 2.91 bits per heavy atom. The van der Waals surface area contributed by atoms with Crippen LogP contribution in [0.1, 0.15) is 12.8 Å². The standard InChI is InChI=1S/C14H18ClFN2O3S/c15-12-7-11(1-2-13(12)16)22(20,21)18-6-4-14(19)3-5-17-8-10(14)9-18/h1-2,7,10,17,19H,3-6,8-9H2/t10-,14-/m0/s1. The maximum absolute atomic E-state index is 13.2. The van der Waals surface area contributed by atoms with Crippen molar-refractivity contribution in [3.63, 3.8) is 0 Å². The molecule has 5 nitrogen and oxygen atoms in total. The first-order valence-corrected chi connectivity index (χ1v) is 9.03. The lowest BCUT2D eigenvalue weighted by Crippen LogP contribution is -2.59. The van der Waals surface area contributed by atoms with E-state index in [-0.39, 0.29) is 28.9 Å². The summed E-state index contributed by atoms with van der Waals surface area (Å²) < 4.78 is 39.9. The first-order chi connectivity index (χ1) is 10.3. The average molecular weight is 349 g/mol. The molecule has 2 aliphatic rings. The smallest absolute Gasteiger partial charge is 0.243 e. The number of rotatable bonds is 2. The molecule has 8 heteroatoms. The molecule has 0 radical (unpaired) electrons. The van der Waals surface area contributed by atoms with Gasteiger partial charge in [0.1, 0.15) is 5.82 Å². The molecule has 1 aromatic rings. The van der Waals surface area contributed by atoms with E-state index in [1.807, 2.05) is 0 Å². The molecule has 22 heavy (non-hydrogen) atoms. The molecule has 2 atom stereocenters. The fourth-order valence-corrected chi connectivity index (χ4v) is 4.96. The Balaban J connectivity index is 1.85. The summed E-state index contributed by atoms with van der Waals surface area (Å²) in [6.07, 6.45) is 1.04. The number of piperidine rings is 2. The summed E-state index contributed by atoms with van der Waals surface area (Å²) in [6.45, 7) is 1.84. The zero-order valence-corrected chi connectivity index (χ0v) is 13.5. The van der Waals surface area contributed by atoms with Crippen molar-refractivity contribution >= 4 is 21.6 Å². The molecule has 3 rings (SSSR count). The van der Waals surface area contributed by atoms with Gasteiger partial charge in [-0.3, -0.25) is 0 Å². The summed E-state index contributed by atoms with van der Waals surface area (Å²) >= 11 is 5.68. The van der Waals surface area contributed by atoms with Gasteiger partial charge in [-0.1, -0.05) is 11.6 Å². The number of fused-ring (bicyclic) bond motifs is 1. The van der Waals surface area contributed by atoms with Crippen molar-refractivity contribution in [2.45, 2.75) is 23.3 Å². The molecule has 0 bridgehead atoms. The molecule has 2 heterocycles. The van der Waals surface area contributed by atoms with Crippen LogP contribution in [0.2, 0.25) is 5.02 Å². The highest BCUT2D eigenvalue weighted by molar-refractivity contribution is 7.89. The van der Waals surface area contributed by atoms with Gasteiger partial charge in [-0.2, -0.15) is 4.31 Å². The van der Waals surface area contributed by atoms with Crippen LogP contribution in [0, 0.1) is 11.7 Å². The maximum atomic E-state index is 13.2. The van der Waals surface area contributed by atoms with Crippen LogP contribution in [0.4, 0.5) is 4.39 Å². The van der Waals surface area contributed by atoms with E-state index in [1.165, 1.54) is 10.4 Å². The largest absolute Gasteiger partial charge is 0.389 e. The second kappa shape index (κ2) is 5.72. The molecule has 2 fully saturated rings. The van der Waals surface area contributed by atoms with Crippen LogP contribution in [0.25, 0.3) is 0 Å². The average Bonchev–Trinajstić information content (AvgIpc) is 2.48. The topological polar surface area (TPSA) is 69.6 Å². The monoisotopic (exact) mass is 348 g/mol. The Labute approximate surface area is 134 Å². The number of nitrogens with zero attached hydrogens (tertiary/aromatic N) is 1. The van der Waals surface area contributed by atoms with Crippen LogP contribution in [0.5, 0.6) is 0 Å². The van der Waals surface area contributed by atoms with Crippen molar-refractivity contribution < 1.29 is 17.9 Å². The Morgan fingerprint density at radius 2 is 2.18 bits per heavy atom. The van der Waals surface area contributed by atoms with Crippen LogP contribution in [-0.4, -0.2) is 49.6 Å². The van der Waals surface area contributed by atoms with Crippen LogP contribution < -0.4 is 5.32 Å². The lowest BCUT2D eigenvalue weighted by molar-refractivity contribution is -0.0744.